The third-order valence-electron chi connectivity index (χ3n) is 8.91. The van der Waals surface area contributed by atoms with Crippen LogP contribution in [-0.4, -0.2) is 39.1 Å². The van der Waals surface area contributed by atoms with E-state index in [0.29, 0.717) is 35.3 Å². The van der Waals surface area contributed by atoms with Gasteiger partial charge in [0.1, 0.15) is 23.3 Å². The van der Waals surface area contributed by atoms with E-state index in [1.54, 1.807) is 20.0 Å². The maximum Gasteiger partial charge on any atom is 0.224 e. The first-order chi connectivity index (χ1) is 20.7. The first-order valence-corrected chi connectivity index (χ1v) is 14.8. The van der Waals surface area contributed by atoms with Gasteiger partial charge in [-0.3, -0.25) is 9.59 Å². The number of nitrogens with zero attached hydrogens (tertiary/aromatic N) is 2. The molecule has 5 heterocycles. The lowest BCUT2D eigenvalue weighted by molar-refractivity contribution is -0.135. The van der Waals surface area contributed by atoms with Crippen molar-refractivity contribution in [2.24, 2.45) is 17.8 Å². The Bertz CT molecular complexity index is 1710. The molecule has 2 aromatic carbocycles. The van der Waals surface area contributed by atoms with E-state index in [2.05, 4.69) is 21.7 Å². The fraction of sp³-hybridized carbons (Fsp3) is 0.394. The number of hydrogen-bond donors (Lipinski definition) is 3. The average molecular weight is 583 g/mol. The van der Waals surface area contributed by atoms with Crippen molar-refractivity contribution in [1.82, 2.24) is 15.3 Å². The number of amides is 1. The molecule has 43 heavy (non-hydrogen) atoms. The van der Waals surface area contributed by atoms with Crippen LogP contribution in [0.4, 0.5) is 5.69 Å². The van der Waals surface area contributed by atoms with Gasteiger partial charge in [0.05, 0.1) is 6.20 Å². The van der Waals surface area contributed by atoms with Crippen molar-refractivity contribution in [1.29, 1.82) is 0 Å². The topological polar surface area (TPSA) is 140 Å². The maximum absolute atomic E-state index is 13.9. The Labute approximate surface area is 248 Å². The molecule has 1 spiro atoms. The number of ether oxygens (including phenoxy) is 1. The quantitative estimate of drug-likeness (QED) is 0.293. The van der Waals surface area contributed by atoms with E-state index in [-0.39, 0.29) is 29.9 Å². The van der Waals surface area contributed by atoms with Crippen LogP contribution in [0.5, 0.6) is 5.75 Å². The molecule has 3 N–H and O–H groups in total. The SMILES string of the molecule is CC(C)[C@H](O)C(=O)C[C@H]1Cc2ccc3c(c2)C2(c4ccccc4N[C@H]2O3)c2oc(nc2-c2cnco2)[C@H](C(C)C)NC1=O. The maximum atomic E-state index is 13.9. The molecule has 0 saturated heterocycles. The van der Waals surface area contributed by atoms with Gasteiger partial charge in [-0.25, -0.2) is 9.97 Å². The number of benzene rings is 2. The molecule has 4 bridgehead atoms. The van der Waals surface area contributed by atoms with Crippen molar-refractivity contribution >= 4 is 17.4 Å². The van der Waals surface area contributed by atoms with E-state index >= 15 is 0 Å². The van der Waals surface area contributed by atoms with Crippen LogP contribution in [-0.2, 0) is 21.4 Å². The second-order valence-corrected chi connectivity index (χ2v) is 12.4. The fourth-order valence-electron chi connectivity index (χ4n) is 6.65. The number of aromatic nitrogens is 2. The Balaban J connectivity index is 1.47. The van der Waals surface area contributed by atoms with Crippen molar-refractivity contribution < 1.29 is 28.3 Å². The zero-order chi connectivity index (χ0) is 30.0. The third kappa shape index (κ3) is 4.18. The smallest absolute Gasteiger partial charge is 0.224 e. The number of carbonyl (C=O) groups excluding carboxylic acids is 2. The Hall–Kier alpha value is -4.44. The second-order valence-electron chi connectivity index (χ2n) is 12.4. The van der Waals surface area contributed by atoms with Gasteiger partial charge in [0.15, 0.2) is 35.6 Å². The van der Waals surface area contributed by atoms with Crippen LogP contribution in [0.25, 0.3) is 11.5 Å². The number of aliphatic hydroxyl groups excluding tert-OH is 1. The molecule has 5 atom stereocenters. The van der Waals surface area contributed by atoms with E-state index in [4.69, 9.17) is 18.6 Å². The molecule has 4 aromatic rings. The minimum atomic E-state index is -1.15. The molecule has 0 aliphatic carbocycles. The van der Waals surface area contributed by atoms with Crippen LogP contribution in [0.3, 0.4) is 0 Å². The summed E-state index contributed by atoms with van der Waals surface area (Å²) in [6.45, 7) is 7.53. The predicted molar refractivity (Wildman–Crippen MR) is 156 cm³/mol. The van der Waals surface area contributed by atoms with Crippen molar-refractivity contribution in [3.63, 3.8) is 0 Å². The van der Waals surface area contributed by atoms with Crippen molar-refractivity contribution in [2.45, 2.75) is 64.3 Å². The number of rotatable bonds is 6. The summed E-state index contributed by atoms with van der Waals surface area (Å²) in [4.78, 5) is 36.1. The Morgan fingerprint density at radius 3 is 2.67 bits per heavy atom. The number of para-hydroxylation sites is 1. The lowest BCUT2D eigenvalue weighted by Gasteiger charge is -2.28. The van der Waals surface area contributed by atoms with Gasteiger partial charge >= 0.3 is 0 Å². The van der Waals surface area contributed by atoms with Gasteiger partial charge in [-0.05, 0) is 41.5 Å². The second kappa shape index (κ2) is 10.1. The average Bonchev–Trinajstić information content (AvgIpc) is 3.76. The fourth-order valence-corrected chi connectivity index (χ4v) is 6.65. The predicted octanol–water partition coefficient (Wildman–Crippen LogP) is 4.77. The van der Waals surface area contributed by atoms with Crippen LogP contribution >= 0.6 is 0 Å². The number of hydrogen-bond acceptors (Lipinski definition) is 9. The van der Waals surface area contributed by atoms with Crippen molar-refractivity contribution in [2.75, 3.05) is 5.32 Å². The van der Waals surface area contributed by atoms with Crippen molar-refractivity contribution in [3.05, 3.63) is 83.4 Å². The Morgan fingerprint density at radius 1 is 1.12 bits per heavy atom. The lowest BCUT2D eigenvalue weighted by Crippen LogP contribution is -2.41. The highest BCUT2D eigenvalue weighted by Crippen LogP contribution is 2.59. The molecule has 222 valence electrons. The Kier molecular flexibility index (Phi) is 6.42. The summed E-state index contributed by atoms with van der Waals surface area (Å²) in [6.07, 6.45) is 1.48. The van der Waals surface area contributed by atoms with E-state index < -0.39 is 29.7 Å². The molecule has 10 heteroatoms. The van der Waals surface area contributed by atoms with Crippen LogP contribution in [0.15, 0.2) is 63.9 Å². The monoisotopic (exact) mass is 582 g/mol. The molecular formula is C33H34N4O6. The minimum absolute atomic E-state index is 0.0954. The van der Waals surface area contributed by atoms with Crippen molar-refractivity contribution in [3.8, 4) is 17.2 Å². The van der Waals surface area contributed by atoms with Crippen LogP contribution in [0, 0.1) is 17.8 Å². The molecule has 7 rings (SSSR count). The number of ketones is 1. The van der Waals surface area contributed by atoms with Crippen LogP contribution < -0.4 is 15.4 Å². The molecular weight excluding hydrogens is 548 g/mol. The summed E-state index contributed by atoms with van der Waals surface area (Å²) in [5, 5.41) is 17.2. The molecule has 0 saturated carbocycles. The first-order valence-electron chi connectivity index (χ1n) is 14.8. The standard InChI is InChI=1S/C33H34N4O6/c1-16(2)26-31-37-27(25-14-34-15-41-25)29(43-31)33-20-7-5-6-8-22(20)35-32(33)42-24-10-9-18(12-21(24)33)11-19(30(40)36-26)13-23(38)28(39)17(3)4/h5-10,12,14-17,19,26,28,32,35,39H,11,13H2,1-4H3,(H,36,40)/t19-,26+,28+,32+,33?/m1/s1. The van der Waals surface area contributed by atoms with Gasteiger partial charge in [0, 0.05) is 23.6 Å². The van der Waals surface area contributed by atoms with Gasteiger partial charge in [-0.1, -0.05) is 58.0 Å². The highest BCUT2D eigenvalue weighted by atomic mass is 16.5. The zero-order valence-corrected chi connectivity index (χ0v) is 24.5. The largest absolute Gasteiger partial charge is 0.469 e. The molecule has 0 fully saturated rings. The Morgan fingerprint density at radius 2 is 1.93 bits per heavy atom. The normalized spacial score (nSPS) is 24.3. The highest BCUT2D eigenvalue weighted by Gasteiger charge is 2.61. The summed E-state index contributed by atoms with van der Waals surface area (Å²) in [5.74, 6) is 0.230. The number of nitrogens with one attached hydrogen (secondary N) is 2. The third-order valence-corrected chi connectivity index (χ3v) is 8.91. The van der Waals surface area contributed by atoms with E-state index in [9.17, 15) is 14.7 Å². The number of anilines is 1. The number of carbonyl (C=O) groups is 2. The summed E-state index contributed by atoms with van der Waals surface area (Å²) in [5.41, 5.74) is 3.15. The van der Waals surface area contributed by atoms with Gasteiger partial charge in [0.25, 0.3) is 0 Å². The molecule has 1 unspecified atom stereocenters. The molecule has 10 nitrogen and oxygen atoms in total. The highest BCUT2D eigenvalue weighted by molar-refractivity contribution is 5.89. The number of aliphatic hydroxyl groups is 1. The number of Topliss-reactive ketones (excluding diaryl/α,β-unsaturated/α-hetero) is 1. The first kappa shape index (κ1) is 27.4. The van der Waals surface area contributed by atoms with Gasteiger partial charge in [-0.2, -0.15) is 0 Å². The summed E-state index contributed by atoms with van der Waals surface area (Å²) >= 11 is 0. The number of fused-ring (bicyclic) bond motifs is 4. The van der Waals surface area contributed by atoms with E-state index in [1.807, 2.05) is 50.2 Å². The van der Waals surface area contributed by atoms with Gasteiger partial charge in [-0.15, -0.1) is 0 Å². The zero-order valence-electron chi connectivity index (χ0n) is 24.5. The molecule has 0 radical (unpaired) electrons. The molecule has 1 amide bonds. The summed E-state index contributed by atoms with van der Waals surface area (Å²) in [7, 11) is 0. The molecule has 3 aliphatic rings. The minimum Gasteiger partial charge on any atom is -0.469 e. The van der Waals surface area contributed by atoms with Gasteiger partial charge in [0.2, 0.25) is 11.8 Å². The lowest BCUT2D eigenvalue weighted by atomic mass is 9.72. The van der Waals surface area contributed by atoms with E-state index in [1.165, 1.54) is 6.39 Å². The molecule has 3 aliphatic heterocycles. The van der Waals surface area contributed by atoms with E-state index in [0.717, 1.165) is 22.4 Å². The van der Waals surface area contributed by atoms with Crippen LogP contribution in [0.2, 0.25) is 0 Å². The number of oxazole rings is 2. The summed E-state index contributed by atoms with van der Waals surface area (Å²) < 4.78 is 19.1. The van der Waals surface area contributed by atoms with Crippen LogP contribution in [0.1, 0.15) is 68.5 Å². The molecule has 2 aromatic heterocycles. The summed E-state index contributed by atoms with van der Waals surface area (Å²) in [6, 6.07) is 13.3. The van der Waals surface area contributed by atoms with Gasteiger partial charge < -0.3 is 29.3 Å².